The summed E-state index contributed by atoms with van der Waals surface area (Å²) in [6, 6.07) is 9.90. The van der Waals surface area contributed by atoms with E-state index in [2.05, 4.69) is 10.1 Å². The molecule has 1 aromatic carbocycles. The number of benzene rings is 1. The maximum atomic E-state index is 10.4. The van der Waals surface area contributed by atoms with Gasteiger partial charge in [0.2, 0.25) is 5.90 Å². The van der Waals surface area contributed by atoms with Crippen LogP contribution in [0.4, 0.5) is 0 Å². The molecule has 0 saturated heterocycles. The van der Waals surface area contributed by atoms with E-state index in [1.165, 1.54) is 0 Å². The number of rotatable bonds is 5. The number of aryl methyl sites for hydroxylation is 1. The van der Waals surface area contributed by atoms with Crippen LogP contribution in [0.5, 0.6) is 0 Å². The topological polar surface area (TPSA) is 67.9 Å². The van der Waals surface area contributed by atoms with Crippen LogP contribution in [0.3, 0.4) is 0 Å². The molecule has 2 heterocycles. The third kappa shape index (κ3) is 3.62. The van der Waals surface area contributed by atoms with Crippen LogP contribution in [-0.2, 0) is 17.6 Å². The molecule has 0 aliphatic carbocycles. The molecule has 0 saturated carbocycles. The van der Waals surface area contributed by atoms with E-state index in [4.69, 9.17) is 9.26 Å². The minimum absolute atomic E-state index is 0.237. The summed E-state index contributed by atoms with van der Waals surface area (Å²) in [4.78, 5) is 4.59. The smallest absolute Gasteiger partial charge is 0.222 e. The molecule has 1 aliphatic heterocycles. The standard InChI is InChI=1S/C18H22N2O3/c1-12-16(17-19-18(2,3)11-22-17)15(23-20-12)10-14(21)9-13-7-5-4-6-8-13/h4-8,14,21H,9-11H2,1-3H3. The van der Waals surface area contributed by atoms with Gasteiger partial charge in [0.25, 0.3) is 0 Å². The van der Waals surface area contributed by atoms with E-state index >= 15 is 0 Å². The summed E-state index contributed by atoms with van der Waals surface area (Å²) < 4.78 is 11.1. The third-order valence-corrected chi connectivity index (χ3v) is 3.85. The molecule has 5 nitrogen and oxygen atoms in total. The highest BCUT2D eigenvalue weighted by atomic mass is 16.5. The zero-order valence-electron chi connectivity index (χ0n) is 13.7. The maximum absolute atomic E-state index is 10.4. The first-order valence-corrected chi connectivity index (χ1v) is 7.85. The molecule has 0 radical (unpaired) electrons. The molecule has 122 valence electrons. The summed E-state index contributed by atoms with van der Waals surface area (Å²) in [5, 5.41) is 14.4. The second-order valence-corrected chi connectivity index (χ2v) is 6.63. The van der Waals surface area contributed by atoms with Gasteiger partial charge in [0.05, 0.1) is 17.3 Å². The molecule has 5 heteroatoms. The molecule has 1 unspecified atom stereocenters. The van der Waals surface area contributed by atoms with Gasteiger partial charge in [-0.25, -0.2) is 4.99 Å². The first-order valence-electron chi connectivity index (χ1n) is 7.85. The molecule has 1 aliphatic rings. The average molecular weight is 314 g/mol. The van der Waals surface area contributed by atoms with E-state index < -0.39 is 6.10 Å². The summed E-state index contributed by atoms with van der Waals surface area (Å²) in [5.41, 5.74) is 2.37. The summed E-state index contributed by atoms with van der Waals surface area (Å²) in [5.74, 6) is 1.19. The van der Waals surface area contributed by atoms with Gasteiger partial charge >= 0.3 is 0 Å². The van der Waals surface area contributed by atoms with Crippen molar-refractivity contribution in [1.82, 2.24) is 5.16 Å². The van der Waals surface area contributed by atoms with E-state index in [1.807, 2.05) is 51.1 Å². The van der Waals surface area contributed by atoms with E-state index in [0.717, 1.165) is 16.8 Å². The number of aliphatic imine (C=N–C) groups is 1. The van der Waals surface area contributed by atoms with Crippen LogP contribution in [0.2, 0.25) is 0 Å². The zero-order chi connectivity index (χ0) is 16.4. The Bertz CT molecular complexity index is 704. The van der Waals surface area contributed by atoms with Gasteiger partial charge in [-0.15, -0.1) is 0 Å². The van der Waals surface area contributed by atoms with Crippen molar-refractivity contribution in [3.63, 3.8) is 0 Å². The van der Waals surface area contributed by atoms with Crippen molar-refractivity contribution in [3.05, 3.63) is 52.9 Å². The number of hydrogen-bond acceptors (Lipinski definition) is 5. The fourth-order valence-electron chi connectivity index (χ4n) is 2.71. The molecule has 0 fully saturated rings. The lowest BCUT2D eigenvalue weighted by molar-refractivity contribution is 0.164. The highest BCUT2D eigenvalue weighted by molar-refractivity contribution is 5.97. The SMILES string of the molecule is Cc1noc(CC(O)Cc2ccccc2)c1C1=NC(C)(C)CO1. The van der Waals surface area contributed by atoms with Crippen molar-refractivity contribution in [3.8, 4) is 0 Å². The van der Waals surface area contributed by atoms with Crippen LogP contribution in [0.25, 0.3) is 0 Å². The Hall–Kier alpha value is -2.14. The molecular weight excluding hydrogens is 292 g/mol. The van der Waals surface area contributed by atoms with Crippen molar-refractivity contribution in [2.45, 2.75) is 45.3 Å². The first-order chi connectivity index (χ1) is 10.9. The lowest BCUT2D eigenvalue weighted by Crippen LogP contribution is -2.17. The predicted molar refractivity (Wildman–Crippen MR) is 87.7 cm³/mol. The van der Waals surface area contributed by atoms with Crippen LogP contribution in [0.15, 0.2) is 39.8 Å². The third-order valence-electron chi connectivity index (χ3n) is 3.85. The Morgan fingerprint density at radius 2 is 1.96 bits per heavy atom. The monoisotopic (exact) mass is 314 g/mol. The minimum atomic E-state index is -0.543. The molecule has 1 N–H and O–H groups in total. The molecule has 1 atom stereocenters. The van der Waals surface area contributed by atoms with Crippen molar-refractivity contribution in [2.75, 3.05) is 6.61 Å². The Balaban J connectivity index is 1.77. The van der Waals surface area contributed by atoms with E-state index in [1.54, 1.807) is 0 Å². The Kier molecular flexibility index (Phi) is 4.22. The second-order valence-electron chi connectivity index (χ2n) is 6.63. The van der Waals surface area contributed by atoms with Crippen LogP contribution < -0.4 is 0 Å². The van der Waals surface area contributed by atoms with E-state index in [0.29, 0.717) is 31.1 Å². The fourth-order valence-corrected chi connectivity index (χ4v) is 2.71. The molecule has 0 bridgehead atoms. The van der Waals surface area contributed by atoms with E-state index in [-0.39, 0.29) is 5.54 Å². The molecule has 0 spiro atoms. The van der Waals surface area contributed by atoms with Crippen molar-refractivity contribution < 1.29 is 14.4 Å². The number of nitrogens with zero attached hydrogens (tertiary/aromatic N) is 2. The Morgan fingerprint density at radius 3 is 2.61 bits per heavy atom. The van der Waals surface area contributed by atoms with Crippen LogP contribution >= 0.6 is 0 Å². The quantitative estimate of drug-likeness (QED) is 0.921. The van der Waals surface area contributed by atoms with Crippen molar-refractivity contribution >= 4 is 5.90 Å². The van der Waals surface area contributed by atoms with Crippen molar-refractivity contribution in [1.29, 1.82) is 0 Å². The van der Waals surface area contributed by atoms with Crippen LogP contribution in [-0.4, -0.2) is 34.4 Å². The summed E-state index contributed by atoms with van der Waals surface area (Å²) in [7, 11) is 0. The molecule has 23 heavy (non-hydrogen) atoms. The predicted octanol–water partition coefficient (Wildman–Crippen LogP) is 2.68. The summed E-state index contributed by atoms with van der Waals surface area (Å²) in [6.07, 6.45) is 0.408. The van der Waals surface area contributed by atoms with Gasteiger partial charge in [0, 0.05) is 6.42 Å². The summed E-state index contributed by atoms with van der Waals surface area (Å²) in [6.45, 7) is 6.45. The highest BCUT2D eigenvalue weighted by Crippen LogP contribution is 2.25. The molecule has 2 aromatic rings. The normalized spacial score (nSPS) is 17.7. The second kappa shape index (κ2) is 6.16. The van der Waals surface area contributed by atoms with Gasteiger partial charge in [0.1, 0.15) is 12.2 Å². The average Bonchev–Trinajstić information content (AvgIpc) is 3.02. The highest BCUT2D eigenvalue weighted by Gasteiger charge is 2.31. The number of aliphatic hydroxyl groups is 1. The zero-order valence-corrected chi connectivity index (χ0v) is 13.7. The number of hydrogen-bond donors (Lipinski definition) is 1. The Labute approximate surface area is 136 Å². The maximum Gasteiger partial charge on any atom is 0.222 e. The van der Waals surface area contributed by atoms with Gasteiger partial charge in [-0.05, 0) is 32.8 Å². The number of ether oxygens (including phenoxy) is 1. The first kappa shape index (κ1) is 15.7. The van der Waals surface area contributed by atoms with Gasteiger partial charge in [-0.3, -0.25) is 0 Å². The van der Waals surface area contributed by atoms with Crippen LogP contribution in [0.1, 0.15) is 36.4 Å². The molecular formula is C18H22N2O3. The molecule has 3 rings (SSSR count). The Morgan fingerprint density at radius 1 is 1.22 bits per heavy atom. The number of aromatic nitrogens is 1. The summed E-state index contributed by atoms with van der Waals surface area (Å²) >= 11 is 0. The largest absolute Gasteiger partial charge is 0.475 e. The fraction of sp³-hybridized carbons (Fsp3) is 0.444. The van der Waals surface area contributed by atoms with Crippen molar-refractivity contribution in [2.24, 2.45) is 4.99 Å². The lowest BCUT2D eigenvalue weighted by Gasteiger charge is -2.10. The van der Waals surface area contributed by atoms with Gasteiger partial charge in [0.15, 0.2) is 5.76 Å². The van der Waals surface area contributed by atoms with Gasteiger partial charge < -0.3 is 14.4 Å². The molecule has 1 aromatic heterocycles. The van der Waals surface area contributed by atoms with Gasteiger partial charge in [-0.1, -0.05) is 35.5 Å². The van der Waals surface area contributed by atoms with Gasteiger partial charge in [-0.2, -0.15) is 0 Å². The number of aliphatic hydroxyl groups excluding tert-OH is 1. The lowest BCUT2D eigenvalue weighted by atomic mass is 10.0. The molecule has 0 amide bonds. The van der Waals surface area contributed by atoms with E-state index in [9.17, 15) is 5.11 Å². The minimum Gasteiger partial charge on any atom is -0.475 e. The van der Waals surface area contributed by atoms with Crippen LogP contribution in [0, 0.1) is 6.92 Å².